The normalized spacial score (nSPS) is 10.4. The number of rotatable bonds is 6. The Hall–Kier alpha value is -3.59. The van der Waals surface area contributed by atoms with E-state index in [1.54, 1.807) is 31.2 Å². The molecule has 0 fully saturated rings. The Labute approximate surface area is 161 Å². The van der Waals surface area contributed by atoms with E-state index in [4.69, 9.17) is 10.00 Å². The molecule has 0 N–H and O–H groups in total. The zero-order valence-electron chi connectivity index (χ0n) is 15.1. The maximum Gasteiger partial charge on any atom is 0.163 e. The first-order chi connectivity index (χ1) is 13.5. The fourth-order valence-corrected chi connectivity index (χ4v) is 2.84. The summed E-state index contributed by atoms with van der Waals surface area (Å²) in [7, 11) is 0. The minimum Gasteiger partial charge on any atom is -0.457 e. The van der Waals surface area contributed by atoms with Gasteiger partial charge < -0.3 is 4.74 Å². The van der Waals surface area contributed by atoms with Crippen molar-refractivity contribution in [3.05, 3.63) is 88.7 Å². The molecule has 1 heterocycles. The molecule has 0 saturated carbocycles. The molecule has 0 spiro atoms. The molecular formula is C22H16F2N2O2. The Morgan fingerprint density at radius 3 is 2.61 bits per heavy atom. The van der Waals surface area contributed by atoms with Crippen LogP contribution in [0.15, 0.2) is 54.7 Å². The first-order valence-corrected chi connectivity index (χ1v) is 8.58. The second-order valence-electron chi connectivity index (χ2n) is 6.22. The molecule has 0 bridgehead atoms. The molecule has 3 rings (SSSR count). The van der Waals surface area contributed by atoms with Crippen molar-refractivity contribution in [2.75, 3.05) is 0 Å². The molecule has 4 nitrogen and oxygen atoms in total. The molecule has 28 heavy (non-hydrogen) atoms. The van der Waals surface area contributed by atoms with Gasteiger partial charge in [-0.2, -0.15) is 5.26 Å². The molecule has 140 valence electrons. The quantitative estimate of drug-likeness (QED) is 0.557. The van der Waals surface area contributed by atoms with E-state index in [0.717, 1.165) is 6.07 Å². The van der Waals surface area contributed by atoms with Crippen molar-refractivity contribution >= 4 is 5.78 Å². The van der Waals surface area contributed by atoms with Crippen LogP contribution in [0.2, 0.25) is 0 Å². The predicted octanol–water partition coefficient (Wildman–Crippen LogP) is 5.15. The molecule has 0 amide bonds. The standard InChI is InChI=1S/C22H16F2N2O2/c1-14-20(21(27)6-5-15-9-16(23)11-17(24)10-15)3-2-4-22(14)28-19-7-8-26-18(12-19)13-25/h2-4,7-12H,5-6H2,1H3. The first kappa shape index (κ1) is 19.2. The van der Waals surface area contributed by atoms with Gasteiger partial charge in [-0.1, -0.05) is 12.1 Å². The van der Waals surface area contributed by atoms with Crippen molar-refractivity contribution in [1.82, 2.24) is 4.98 Å². The van der Waals surface area contributed by atoms with Gasteiger partial charge in [-0.3, -0.25) is 4.79 Å². The van der Waals surface area contributed by atoms with Crippen molar-refractivity contribution < 1.29 is 18.3 Å². The Morgan fingerprint density at radius 1 is 1.14 bits per heavy atom. The van der Waals surface area contributed by atoms with Gasteiger partial charge in [0, 0.05) is 35.9 Å². The SMILES string of the molecule is Cc1c(Oc2ccnc(C#N)c2)cccc1C(=O)CCc1cc(F)cc(F)c1. The molecular weight excluding hydrogens is 362 g/mol. The van der Waals surface area contributed by atoms with Crippen molar-refractivity contribution in [3.8, 4) is 17.6 Å². The number of nitrogens with zero attached hydrogens (tertiary/aromatic N) is 2. The van der Waals surface area contributed by atoms with Gasteiger partial charge in [0.15, 0.2) is 5.78 Å². The average molecular weight is 378 g/mol. The number of Topliss-reactive ketones (excluding diaryl/α,β-unsaturated/α-hetero) is 1. The van der Waals surface area contributed by atoms with Gasteiger partial charge in [-0.15, -0.1) is 0 Å². The van der Waals surface area contributed by atoms with Crippen LogP contribution in [0.4, 0.5) is 8.78 Å². The van der Waals surface area contributed by atoms with E-state index >= 15 is 0 Å². The van der Waals surface area contributed by atoms with Crippen LogP contribution in [0.3, 0.4) is 0 Å². The highest BCUT2D eigenvalue weighted by molar-refractivity contribution is 5.98. The molecule has 0 aliphatic carbocycles. The number of carbonyl (C=O) groups excluding carboxylic acids is 1. The Bertz CT molecular complexity index is 1050. The molecule has 0 unspecified atom stereocenters. The van der Waals surface area contributed by atoms with Crippen LogP contribution in [0.1, 0.15) is 33.6 Å². The smallest absolute Gasteiger partial charge is 0.163 e. The van der Waals surface area contributed by atoms with Crippen molar-refractivity contribution in [2.45, 2.75) is 19.8 Å². The summed E-state index contributed by atoms with van der Waals surface area (Å²) >= 11 is 0. The summed E-state index contributed by atoms with van der Waals surface area (Å²) in [4.78, 5) is 16.5. The summed E-state index contributed by atoms with van der Waals surface area (Å²) in [6.07, 6.45) is 1.81. The number of halogens is 2. The molecule has 0 aliphatic heterocycles. The summed E-state index contributed by atoms with van der Waals surface area (Å²) in [5, 5.41) is 8.93. The topological polar surface area (TPSA) is 63.0 Å². The monoisotopic (exact) mass is 378 g/mol. The third kappa shape index (κ3) is 4.57. The zero-order valence-corrected chi connectivity index (χ0v) is 15.1. The third-order valence-corrected chi connectivity index (χ3v) is 4.22. The lowest BCUT2D eigenvalue weighted by Crippen LogP contribution is -2.05. The fraction of sp³-hybridized carbons (Fsp3) is 0.136. The number of hydrogen-bond acceptors (Lipinski definition) is 4. The summed E-state index contributed by atoms with van der Waals surface area (Å²) in [6, 6.07) is 13.4. The van der Waals surface area contributed by atoms with E-state index in [1.165, 1.54) is 24.4 Å². The lowest BCUT2D eigenvalue weighted by molar-refractivity contribution is 0.0982. The molecule has 0 aliphatic rings. The number of aromatic nitrogens is 1. The van der Waals surface area contributed by atoms with Crippen LogP contribution < -0.4 is 4.74 Å². The Balaban J connectivity index is 1.76. The molecule has 0 saturated heterocycles. The zero-order chi connectivity index (χ0) is 20.1. The predicted molar refractivity (Wildman–Crippen MR) is 99.2 cm³/mol. The number of ether oxygens (including phenoxy) is 1. The van der Waals surface area contributed by atoms with Crippen molar-refractivity contribution in [2.24, 2.45) is 0 Å². The maximum atomic E-state index is 13.3. The van der Waals surface area contributed by atoms with Gasteiger partial charge in [0.2, 0.25) is 0 Å². The average Bonchev–Trinajstić information content (AvgIpc) is 2.67. The van der Waals surface area contributed by atoms with E-state index in [1.807, 2.05) is 6.07 Å². The summed E-state index contributed by atoms with van der Waals surface area (Å²) in [5.41, 5.74) is 1.78. The summed E-state index contributed by atoms with van der Waals surface area (Å²) < 4.78 is 32.4. The number of pyridine rings is 1. The van der Waals surface area contributed by atoms with Crippen LogP contribution >= 0.6 is 0 Å². The lowest BCUT2D eigenvalue weighted by Gasteiger charge is -2.12. The summed E-state index contributed by atoms with van der Waals surface area (Å²) in [6.45, 7) is 1.76. The van der Waals surface area contributed by atoms with Crippen molar-refractivity contribution in [1.29, 1.82) is 5.26 Å². The van der Waals surface area contributed by atoms with Crippen LogP contribution in [0.25, 0.3) is 0 Å². The molecule has 2 aromatic carbocycles. The fourth-order valence-electron chi connectivity index (χ4n) is 2.84. The summed E-state index contributed by atoms with van der Waals surface area (Å²) in [5.74, 6) is -0.557. The number of benzene rings is 2. The second-order valence-corrected chi connectivity index (χ2v) is 6.22. The third-order valence-electron chi connectivity index (χ3n) is 4.22. The molecule has 0 atom stereocenters. The maximum absolute atomic E-state index is 13.3. The van der Waals surface area contributed by atoms with E-state index in [-0.39, 0.29) is 24.3 Å². The first-order valence-electron chi connectivity index (χ1n) is 8.58. The largest absolute Gasteiger partial charge is 0.457 e. The number of ketones is 1. The van der Waals surface area contributed by atoms with Gasteiger partial charge in [-0.25, -0.2) is 13.8 Å². The number of hydrogen-bond donors (Lipinski definition) is 0. The molecule has 6 heteroatoms. The van der Waals surface area contributed by atoms with Gasteiger partial charge in [0.1, 0.15) is 34.9 Å². The number of nitriles is 1. The highest BCUT2D eigenvalue weighted by Gasteiger charge is 2.14. The lowest BCUT2D eigenvalue weighted by atomic mass is 9.98. The van der Waals surface area contributed by atoms with E-state index in [0.29, 0.717) is 28.2 Å². The molecule has 3 aromatic rings. The minimum atomic E-state index is -0.664. The Kier molecular flexibility index (Phi) is 5.75. The highest BCUT2D eigenvalue weighted by atomic mass is 19.1. The van der Waals surface area contributed by atoms with E-state index in [2.05, 4.69) is 4.98 Å². The molecule has 0 radical (unpaired) electrons. The van der Waals surface area contributed by atoms with Gasteiger partial charge in [0.05, 0.1) is 0 Å². The van der Waals surface area contributed by atoms with E-state index < -0.39 is 11.6 Å². The minimum absolute atomic E-state index is 0.112. The van der Waals surface area contributed by atoms with Crippen LogP contribution in [0.5, 0.6) is 11.5 Å². The number of aryl methyl sites for hydroxylation is 1. The van der Waals surface area contributed by atoms with Gasteiger partial charge in [-0.05, 0) is 43.2 Å². The van der Waals surface area contributed by atoms with Crippen molar-refractivity contribution in [3.63, 3.8) is 0 Å². The van der Waals surface area contributed by atoms with Gasteiger partial charge in [0.25, 0.3) is 0 Å². The molecule has 1 aromatic heterocycles. The van der Waals surface area contributed by atoms with E-state index in [9.17, 15) is 13.6 Å². The van der Waals surface area contributed by atoms with Gasteiger partial charge >= 0.3 is 0 Å². The Morgan fingerprint density at radius 2 is 1.89 bits per heavy atom. The highest BCUT2D eigenvalue weighted by Crippen LogP contribution is 2.28. The van der Waals surface area contributed by atoms with Crippen LogP contribution in [0, 0.1) is 29.9 Å². The van der Waals surface area contributed by atoms with Crippen LogP contribution in [-0.4, -0.2) is 10.8 Å². The second kappa shape index (κ2) is 8.40. The van der Waals surface area contributed by atoms with Crippen LogP contribution in [-0.2, 0) is 6.42 Å². The number of carbonyl (C=O) groups is 1.